The topological polar surface area (TPSA) is 38.8 Å². The van der Waals surface area contributed by atoms with Crippen molar-refractivity contribution in [3.63, 3.8) is 0 Å². The quantitative estimate of drug-likeness (QED) is 0.0991. The maximum absolute atomic E-state index is 13.1. The van der Waals surface area contributed by atoms with Gasteiger partial charge in [0, 0.05) is 18.9 Å². The summed E-state index contributed by atoms with van der Waals surface area (Å²) in [7, 11) is 5.94. The Morgan fingerprint density at radius 1 is 0.750 bits per heavy atom. The van der Waals surface area contributed by atoms with Gasteiger partial charge >= 0.3 is 5.97 Å². The molecule has 0 saturated heterocycles. The average Bonchev–Trinajstić information content (AvgIpc) is 2.96. The fraction of sp³-hybridized carbons (Fsp3) is 0.806. The van der Waals surface area contributed by atoms with Crippen molar-refractivity contribution in [1.29, 1.82) is 0 Å². The molecule has 4 nitrogen and oxygen atoms in total. The van der Waals surface area contributed by atoms with Gasteiger partial charge < -0.3 is 14.4 Å². The standard InChI is InChI=1S/C36H63NO3/c1-5-6-7-8-9-10-11-12-13-14-15-16-17-18-19-21-24-35(38)40-36(29-22-20-23-30-36)34(31-37(2)3)32-25-27-33(39-4)28-26-32/h25-28,34H,5-24,29-31H2,1-4H3. The molecule has 0 radical (unpaired) electrons. The normalized spacial score (nSPS) is 15.7. The lowest BCUT2D eigenvalue weighted by Crippen LogP contribution is -2.46. The summed E-state index contributed by atoms with van der Waals surface area (Å²) in [5.41, 5.74) is 0.843. The van der Waals surface area contributed by atoms with Crippen molar-refractivity contribution in [2.24, 2.45) is 0 Å². The van der Waals surface area contributed by atoms with Crippen molar-refractivity contribution >= 4 is 5.97 Å². The van der Waals surface area contributed by atoms with E-state index in [-0.39, 0.29) is 11.9 Å². The maximum Gasteiger partial charge on any atom is 0.306 e. The molecule has 0 spiro atoms. The molecular weight excluding hydrogens is 494 g/mol. The Morgan fingerprint density at radius 2 is 1.23 bits per heavy atom. The number of carbonyl (C=O) groups excluding carboxylic acids is 1. The summed E-state index contributed by atoms with van der Waals surface area (Å²) >= 11 is 0. The average molecular weight is 558 g/mol. The Morgan fingerprint density at radius 3 is 1.68 bits per heavy atom. The Kier molecular flexibility index (Phi) is 18.4. The van der Waals surface area contributed by atoms with E-state index in [9.17, 15) is 4.79 Å². The van der Waals surface area contributed by atoms with Crippen LogP contribution in [0.4, 0.5) is 0 Å². The largest absolute Gasteiger partial charge is 0.497 e. The molecule has 1 aromatic carbocycles. The zero-order valence-electron chi connectivity index (χ0n) is 26.8. The Hall–Kier alpha value is -1.55. The number of carbonyl (C=O) groups is 1. The highest BCUT2D eigenvalue weighted by Gasteiger charge is 2.44. The first-order chi connectivity index (χ1) is 19.5. The third-order valence-corrected chi connectivity index (χ3v) is 8.95. The molecule has 230 valence electrons. The van der Waals surface area contributed by atoms with E-state index in [1.165, 1.54) is 102 Å². The second-order valence-corrected chi connectivity index (χ2v) is 12.7. The fourth-order valence-corrected chi connectivity index (χ4v) is 6.54. The molecule has 0 bridgehead atoms. The number of benzene rings is 1. The molecule has 1 aliphatic carbocycles. The summed E-state index contributed by atoms with van der Waals surface area (Å²) in [5.74, 6) is 1.04. The molecule has 40 heavy (non-hydrogen) atoms. The third-order valence-electron chi connectivity index (χ3n) is 8.95. The predicted molar refractivity (Wildman–Crippen MR) is 170 cm³/mol. The van der Waals surface area contributed by atoms with Gasteiger partial charge in [0.15, 0.2) is 0 Å². The first-order valence-electron chi connectivity index (χ1n) is 17.0. The van der Waals surface area contributed by atoms with Crippen molar-refractivity contribution in [1.82, 2.24) is 4.90 Å². The number of esters is 1. The van der Waals surface area contributed by atoms with E-state index in [0.717, 1.165) is 50.8 Å². The van der Waals surface area contributed by atoms with Gasteiger partial charge in [-0.2, -0.15) is 0 Å². The lowest BCUT2D eigenvalue weighted by Gasteiger charge is -2.44. The van der Waals surface area contributed by atoms with Gasteiger partial charge in [-0.25, -0.2) is 0 Å². The van der Waals surface area contributed by atoms with Crippen LogP contribution in [0.3, 0.4) is 0 Å². The molecule has 4 heteroatoms. The summed E-state index contributed by atoms with van der Waals surface area (Å²) in [5, 5.41) is 0. The zero-order chi connectivity index (χ0) is 28.9. The van der Waals surface area contributed by atoms with Gasteiger partial charge in [0.2, 0.25) is 0 Å². The highest BCUT2D eigenvalue weighted by molar-refractivity contribution is 5.70. The summed E-state index contributed by atoms with van der Waals surface area (Å²) in [6.45, 7) is 3.16. The molecule has 1 unspecified atom stereocenters. The number of rotatable bonds is 23. The number of methoxy groups -OCH3 is 1. The summed E-state index contributed by atoms with van der Waals surface area (Å²) in [6, 6.07) is 8.39. The third kappa shape index (κ3) is 13.9. The molecule has 1 fully saturated rings. The van der Waals surface area contributed by atoms with Crippen molar-refractivity contribution in [3.05, 3.63) is 29.8 Å². The van der Waals surface area contributed by atoms with Crippen LogP contribution in [-0.4, -0.2) is 44.2 Å². The van der Waals surface area contributed by atoms with E-state index in [1.807, 2.05) is 12.1 Å². The number of nitrogens with zero attached hydrogens (tertiary/aromatic N) is 1. The van der Waals surface area contributed by atoms with Crippen molar-refractivity contribution in [3.8, 4) is 5.75 Å². The fourth-order valence-electron chi connectivity index (χ4n) is 6.54. The number of ether oxygens (including phenoxy) is 2. The van der Waals surface area contributed by atoms with Crippen LogP contribution in [-0.2, 0) is 9.53 Å². The van der Waals surface area contributed by atoms with E-state index in [1.54, 1.807) is 7.11 Å². The van der Waals surface area contributed by atoms with Crippen LogP contribution in [0.5, 0.6) is 5.75 Å². The van der Waals surface area contributed by atoms with Gasteiger partial charge in [-0.05, 0) is 63.9 Å². The van der Waals surface area contributed by atoms with Crippen LogP contribution in [0.1, 0.15) is 160 Å². The van der Waals surface area contributed by atoms with Gasteiger partial charge in [0.1, 0.15) is 11.4 Å². The van der Waals surface area contributed by atoms with Crippen molar-refractivity contribution in [2.45, 2.75) is 160 Å². The van der Waals surface area contributed by atoms with Crippen LogP contribution >= 0.6 is 0 Å². The van der Waals surface area contributed by atoms with Gasteiger partial charge in [-0.3, -0.25) is 4.79 Å². The molecule has 1 saturated carbocycles. The lowest BCUT2D eigenvalue weighted by molar-refractivity contribution is -0.167. The summed E-state index contributed by atoms with van der Waals surface area (Å²) < 4.78 is 11.9. The van der Waals surface area contributed by atoms with E-state index in [2.05, 4.69) is 38.1 Å². The monoisotopic (exact) mass is 557 g/mol. The minimum atomic E-state index is -0.400. The molecule has 0 heterocycles. The van der Waals surface area contributed by atoms with E-state index in [4.69, 9.17) is 9.47 Å². The Balaban J connectivity index is 1.66. The van der Waals surface area contributed by atoms with Gasteiger partial charge in [-0.1, -0.05) is 122 Å². The van der Waals surface area contributed by atoms with Gasteiger partial charge in [-0.15, -0.1) is 0 Å². The Bertz CT molecular complexity index is 754. The predicted octanol–water partition coefficient (Wildman–Crippen LogP) is 10.2. The maximum atomic E-state index is 13.1. The first-order valence-corrected chi connectivity index (χ1v) is 17.0. The molecule has 1 aliphatic rings. The van der Waals surface area contributed by atoms with Crippen LogP contribution in [0.2, 0.25) is 0 Å². The summed E-state index contributed by atoms with van der Waals surface area (Å²) in [6.07, 6.45) is 27.5. The van der Waals surface area contributed by atoms with Crippen molar-refractivity contribution < 1.29 is 14.3 Å². The lowest BCUT2D eigenvalue weighted by atomic mass is 9.72. The SMILES string of the molecule is CCCCCCCCCCCCCCCCCCC(=O)OC1(C(CN(C)C)c2ccc(OC)cc2)CCCCC1. The second-order valence-electron chi connectivity index (χ2n) is 12.7. The number of hydrogen-bond donors (Lipinski definition) is 0. The second kappa shape index (κ2) is 21.2. The van der Waals surface area contributed by atoms with Gasteiger partial charge in [0.25, 0.3) is 0 Å². The van der Waals surface area contributed by atoms with Crippen molar-refractivity contribution in [2.75, 3.05) is 27.7 Å². The van der Waals surface area contributed by atoms with E-state index < -0.39 is 5.60 Å². The molecule has 0 aliphatic heterocycles. The molecular formula is C36H63NO3. The minimum absolute atomic E-state index is 0.00420. The molecule has 1 aromatic rings. The number of hydrogen-bond acceptors (Lipinski definition) is 4. The molecule has 0 N–H and O–H groups in total. The number of unbranched alkanes of at least 4 members (excludes halogenated alkanes) is 15. The molecule has 1 atom stereocenters. The van der Waals surface area contributed by atoms with Crippen LogP contribution in [0.15, 0.2) is 24.3 Å². The van der Waals surface area contributed by atoms with Crippen LogP contribution in [0, 0.1) is 0 Å². The van der Waals surface area contributed by atoms with Crippen LogP contribution < -0.4 is 4.74 Å². The molecule has 0 aromatic heterocycles. The molecule has 2 rings (SSSR count). The minimum Gasteiger partial charge on any atom is -0.497 e. The van der Waals surface area contributed by atoms with Crippen LogP contribution in [0.25, 0.3) is 0 Å². The van der Waals surface area contributed by atoms with Gasteiger partial charge in [0.05, 0.1) is 7.11 Å². The first kappa shape index (κ1) is 34.7. The highest BCUT2D eigenvalue weighted by atomic mass is 16.6. The molecule has 0 amide bonds. The summed E-state index contributed by atoms with van der Waals surface area (Å²) in [4.78, 5) is 15.4. The zero-order valence-corrected chi connectivity index (χ0v) is 26.8. The van der Waals surface area contributed by atoms with E-state index >= 15 is 0 Å². The Labute approximate surface area is 248 Å². The number of likely N-dealkylation sites (N-methyl/N-ethyl adjacent to an activating group) is 1. The van der Waals surface area contributed by atoms with E-state index in [0.29, 0.717) is 6.42 Å². The smallest absolute Gasteiger partial charge is 0.306 e. The highest BCUT2D eigenvalue weighted by Crippen LogP contribution is 2.44.